The zero-order chi connectivity index (χ0) is 11.3. The van der Waals surface area contributed by atoms with Gasteiger partial charge in [-0.05, 0) is 49.3 Å². The third kappa shape index (κ3) is 1.29. The van der Waals surface area contributed by atoms with Gasteiger partial charge in [-0.25, -0.2) is 0 Å². The van der Waals surface area contributed by atoms with E-state index in [-0.39, 0.29) is 0 Å². The normalized spacial score (nSPS) is 39.3. The summed E-state index contributed by atoms with van der Waals surface area (Å²) in [6.45, 7) is 1.23. The van der Waals surface area contributed by atoms with Crippen LogP contribution in [0.5, 0.6) is 0 Å². The van der Waals surface area contributed by atoms with Crippen LogP contribution in [-0.2, 0) is 11.8 Å². The molecule has 1 heteroatoms. The van der Waals surface area contributed by atoms with E-state index in [0.29, 0.717) is 5.41 Å². The fourth-order valence-corrected chi connectivity index (χ4v) is 4.89. The molecule has 3 atom stereocenters. The molecule has 1 heterocycles. The highest BCUT2D eigenvalue weighted by Crippen LogP contribution is 2.53. The standard InChI is InChI=1S/C16H21N/c1-2-6-13-12(5-1)11-15-14-7-3-4-8-16(13,14)9-10-17-15/h1-2,5-6,14-15,17H,3-4,7-11H2/t14?,15-,16+/m0/s1. The van der Waals surface area contributed by atoms with Crippen molar-refractivity contribution in [1.82, 2.24) is 5.32 Å². The van der Waals surface area contributed by atoms with Crippen molar-refractivity contribution in [1.29, 1.82) is 0 Å². The summed E-state index contributed by atoms with van der Waals surface area (Å²) in [5, 5.41) is 3.79. The molecule has 4 rings (SSSR count). The van der Waals surface area contributed by atoms with Crippen LogP contribution >= 0.6 is 0 Å². The van der Waals surface area contributed by atoms with Gasteiger partial charge in [0.1, 0.15) is 0 Å². The van der Waals surface area contributed by atoms with E-state index in [4.69, 9.17) is 0 Å². The maximum absolute atomic E-state index is 3.79. The molecule has 3 aliphatic rings. The van der Waals surface area contributed by atoms with Crippen LogP contribution < -0.4 is 5.32 Å². The Kier molecular flexibility index (Phi) is 2.14. The molecule has 17 heavy (non-hydrogen) atoms. The number of hydrogen-bond donors (Lipinski definition) is 1. The SMILES string of the molecule is c1ccc2c(c1)C[C@@H]1NCC[C@]23CCCCC13. The molecule has 2 fully saturated rings. The average molecular weight is 227 g/mol. The van der Waals surface area contributed by atoms with Crippen molar-refractivity contribution < 1.29 is 0 Å². The van der Waals surface area contributed by atoms with Gasteiger partial charge in [-0.15, -0.1) is 0 Å². The third-order valence-corrected chi connectivity index (χ3v) is 5.55. The molecule has 1 saturated heterocycles. The van der Waals surface area contributed by atoms with E-state index in [2.05, 4.69) is 29.6 Å². The van der Waals surface area contributed by atoms with Crippen LogP contribution in [0, 0.1) is 5.92 Å². The predicted molar refractivity (Wildman–Crippen MR) is 70.2 cm³/mol. The van der Waals surface area contributed by atoms with Crippen LogP contribution in [0.15, 0.2) is 24.3 Å². The topological polar surface area (TPSA) is 12.0 Å². The fraction of sp³-hybridized carbons (Fsp3) is 0.625. The number of fused-ring (bicyclic) bond motifs is 1. The van der Waals surface area contributed by atoms with Gasteiger partial charge in [0.25, 0.3) is 0 Å². The Morgan fingerprint density at radius 2 is 2.06 bits per heavy atom. The van der Waals surface area contributed by atoms with Gasteiger partial charge in [-0.1, -0.05) is 37.1 Å². The largest absolute Gasteiger partial charge is 0.313 e. The van der Waals surface area contributed by atoms with E-state index in [1.165, 1.54) is 45.1 Å². The molecule has 1 N–H and O–H groups in total. The van der Waals surface area contributed by atoms with Crippen LogP contribution in [0.4, 0.5) is 0 Å². The summed E-state index contributed by atoms with van der Waals surface area (Å²) in [6, 6.07) is 10.0. The van der Waals surface area contributed by atoms with E-state index >= 15 is 0 Å². The van der Waals surface area contributed by atoms with Gasteiger partial charge in [0, 0.05) is 11.5 Å². The maximum Gasteiger partial charge on any atom is 0.0144 e. The first-order valence-corrected chi connectivity index (χ1v) is 7.22. The molecule has 0 aromatic heterocycles. The lowest BCUT2D eigenvalue weighted by Gasteiger charge is -2.56. The molecular formula is C16H21N. The second-order valence-corrected chi connectivity index (χ2v) is 6.18. The van der Waals surface area contributed by atoms with Crippen molar-refractivity contribution in [3.63, 3.8) is 0 Å². The molecule has 1 unspecified atom stereocenters. The van der Waals surface area contributed by atoms with Gasteiger partial charge in [0.2, 0.25) is 0 Å². The van der Waals surface area contributed by atoms with Gasteiger partial charge in [-0.2, -0.15) is 0 Å². The summed E-state index contributed by atoms with van der Waals surface area (Å²) < 4.78 is 0. The van der Waals surface area contributed by atoms with Crippen LogP contribution in [0.1, 0.15) is 43.2 Å². The molecule has 1 aromatic carbocycles. The minimum Gasteiger partial charge on any atom is -0.313 e. The van der Waals surface area contributed by atoms with Gasteiger partial charge in [0.05, 0.1) is 0 Å². The summed E-state index contributed by atoms with van der Waals surface area (Å²) in [4.78, 5) is 0. The predicted octanol–water partition coefficient (Wildman–Crippen LogP) is 3.03. The molecule has 0 spiro atoms. The first-order chi connectivity index (χ1) is 8.40. The summed E-state index contributed by atoms with van der Waals surface area (Å²) in [6.07, 6.45) is 8.41. The van der Waals surface area contributed by atoms with Gasteiger partial charge < -0.3 is 5.32 Å². The summed E-state index contributed by atoms with van der Waals surface area (Å²) in [7, 11) is 0. The van der Waals surface area contributed by atoms with Crippen LogP contribution in [-0.4, -0.2) is 12.6 Å². The van der Waals surface area contributed by atoms with E-state index in [9.17, 15) is 0 Å². The highest BCUT2D eigenvalue weighted by atomic mass is 15.0. The Morgan fingerprint density at radius 3 is 3.06 bits per heavy atom. The minimum absolute atomic E-state index is 0.545. The average Bonchev–Trinajstić information content (AvgIpc) is 2.39. The molecule has 1 nitrogen and oxygen atoms in total. The Morgan fingerprint density at radius 1 is 1.12 bits per heavy atom. The van der Waals surface area contributed by atoms with Crippen molar-refractivity contribution in [2.45, 2.75) is 50.0 Å². The lowest BCUT2D eigenvalue weighted by molar-refractivity contribution is 0.0798. The van der Waals surface area contributed by atoms with Gasteiger partial charge in [0.15, 0.2) is 0 Å². The molecule has 2 aliphatic carbocycles. The number of hydrogen-bond acceptors (Lipinski definition) is 1. The quantitative estimate of drug-likeness (QED) is 0.718. The van der Waals surface area contributed by atoms with Crippen molar-refractivity contribution in [3.8, 4) is 0 Å². The van der Waals surface area contributed by atoms with E-state index in [1.54, 1.807) is 11.1 Å². The summed E-state index contributed by atoms with van der Waals surface area (Å²) in [5.41, 5.74) is 3.88. The number of nitrogens with one attached hydrogen (secondary N) is 1. The highest BCUT2D eigenvalue weighted by Gasteiger charge is 2.51. The van der Waals surface area contributed by atoms with Crippen LogP contribution in [0.2, 0.25) is 0 Å². The Balaban J connectivity index is 1.90. The number of rotatable bonds is 0. The molecule has 1 aromatic rings. The first kappa shape index (κ1) is 10.1. The zero-order valence-electron chi connectivity index (χ0n) is 10.4. The fourth-order valence-electron chi connectivity index (χ4n) is 4.89. The minimum atomic E-state index is 0.545. The molecule has 0 amide bonds. The molecular weight excluding hydrogens is 206 g/mol. The molecule has 1 saturated carbocycles. The molecule has 90 valence electrons. The van der Waals surface area contributed by atoms with Crippen LogP contribution in [0.3, 0.4) is 0 Å². The Bertz CT molecular complexity index is 435. The lowest BCUT2D eigenvalue weighted by Crippen LogP contribution is -2.59. The zero-order valence-corrected chi connectivity index (χ0v) is 10.4. The molecule has 2 bridgehead atoms. The highest BCUT2D eigenvalue weighted by molar-refractivity contribution is 5.41. The number of benzene rings is 1. The summed E-state index contributed by atoms with van der Waals surface area (Å²) in [5.74, 6) is 0.917. The van der Waals surface area contributed by atoms with E-state index in [0.717, 1.165) is 12.0 Å². The number of piperidine rings is 1. The second-order valence-electron chi connectivity index (χ2n) is 6.18. The molecule has 1 aliphatic heterocycles. The third-order valence-electron chi connectivity index (χ3n) is 5.55. The Hall–Kier alpha value is -0.820. The summed E-state index contributed by atoms with van der Waals surface area (Å²) >= 11 is 0. The Labute approximate surface area is 104 Å². The van der Waals surface area contributed by atoms with Crippen molar-refractivity contribution in [2.75, 3.05) is 6.54 Å². The lowest BCUT2D eigenvalue weighted by atomic mass is 9.53. The smallest absolute Gasteiger partial charge is 0.0144 e. The van der Waals surface area contributed by atoms with E-state index < -0.39 is 0 Å². The van der Waals surface area contributed by atoms with Gasteiger partial charge >= 0.3 is 0 Å². The monoisotopic (exact) mass is 227 g/mol. The maximum atomic E-state index is 3.79. The second kappa shape index (κ2) is 3.58. The van der Waals surface area contributed by atoms with Gasteiger partial charge in [-0.3, -0.25) is 0 Å². The van der Waals surface area contributed by atoms with Crippen LogP contribution in [0.25, 0.3) is 0 Å². The first-order valence-electron chi connectivity index (χ1n) is 7.22. The van der Waals surface area contributed by atoms with Crippen molar-refractivity contribution >= 4 is 0 Å². The van der Waals surface area contributed by atoms with Crippen molar-refractivity contribution in [2.24, 2.45) is 5.92 Å². The molecule has 0 radical (unpaired) electrons. The van der Waals surface area contributed by atoms with E-state index in [1.807, 2.05) is 0 Å². The van der Waals surface area contributed by atoms with Crippen molar-refractivity contribution in [3.05, 3.63) is 35.4 Å².